The largest absolute Gasteiger partial charge is 0.394 e. The SMILES string of the molecule is CC1(C)CNCC(CO)N1c1cccc(F)c1. The van der Waals surface area contributed by atoms with Crippen LogP contribution < -0.4 is 10.2 Å². The Balaban J connectivity index is 2.37. The summed E-state index contributed by atoms with van der Waals surface area (Å²) in [4.78, 5) is 2.10. The van der Waals surface area contributed by atoms with Crippen LogP contribution in [0.1, 0.15) is 13.8 Å². The Bertz CT molecular complexity index is 395. The smallest absolute Gasteiger partial charge is 0.125 e. The minimum atomic E-state index is -0.242. The molecule has 1 atom stereocenters. The lowest BCUT2D eigenvalue weighted by molar-refractivity contribution is 0.212. The first-order valence-corrected chi connectivity index (χ1v) is 5.91. The van der Waals surface area contributed by atoms with Crippen molar-refractivity contribution in [2.45, 2.75) is 25.4 Å². The molecule has 1 heterocycles. The van der Waals surface area contributed by atoms with Gasteiger partial charge in [-0.05, 0) is 32.0 Å². The van der Waals surface area contributed by atoms with E-state index in [4.69, 9.17) is 0 Å². The molecule has 17 heavy (non-hydrogen) atoms. The van der Waals surface area contributed by atoms with Crippen LogP contribution in [-0.4, -0.2) is 36.4 Å². The number of nitrogens with zero attached hydrogens (tertiary/aromatic N) is 1. The molecule has 94 valence electrons. The van der Waals surface area contributed by atoms with Crippen LogP contribution in [0.25, 0.3) is 0 Å². The molecule has 1 aromatic rings. The van der Waals surface area contributed by atoms with Crippen LogP contribution in [0.4, 0.5) is 10.1 Å². The zero-order valence-electron chi connectivity index (χ0n) is 10.3. The molecule has 2 rings (SSSR count). The van der Waals surface area contributed by atoms with Crippen LogP contribution in [0.15, 0.2) is 24.3 Å². The maximum Gasteiger partial charge on any atom is 0.125 e. The molecule has 4 heteroatoms. The third-order valence-corrected chi connectivity index (χ3v) is 3.25. The summed E-state index contributed by atoms with van der Waals surface area (Å²) in [5.74, 6) is -0.242. The molecule has 1 aliphatic heterocycles. The van der Waals surface area contributed by atoms with Crippen LogP contribution in [0.2, 0.25) is 0 Å². The summed E-state index contributed by atoms with van der Waals surface area (Å²) in [6.07, 6.45) is 0. The molecule has 0 amide bonds. The fraction of sp³-hybridized carbons (Fsp3) is 0.538. The second-order valence-electron chi connectivity index (χ2n) is 5.13. The summed E-state index contributed by atoms with van der Waals surface area (Å²) in [7, 11) is 0. The Morgan fingerprint density at radius 3 is 2.94 bits per heavy atom. The topological polar surface area (TPSA) is 35.5 Å². The first-order chi connectivity index (χ1) is 8.04. The zero-order chi connectivity index (χ0) is 12.5. The summed E-state index contributed by atoms with van der Waals surface area (Å²) >= 11 is 0. The summed E-state index contributed by atoms with van der Waals surface area (Å²) in [5, 5.41) is 12.7. The van der Waals surface area contributed by atoms with E-state index in [-0.39, 0.29) is 24.0 Å². The zero-order valence-corrected chi connectivity index (χ0v) is 10.3. The maximum absolute atomic E-state index is 13.3. The van der Waals surface area contributed by atoms with Gasteiger partial charge in [-0.15, -0.1) is 0 Å². The predicted molar refractivity (Wildman–Crippen MR) is 66.7 cm³/mol. The van der Waals surface area contributed by atoms with E-state index in [1.807, 2.05) is 6.07 Å². The van der Waals surface area contributed by atoms with Crippen LogP contribution in [0, 0.1) is 5.82 Å². The highest BCUT2D eigenvalue weighted by Gasteiger charge is 2.36. The van der Waals surface area contributed by atoms with Gasteiger partial charge in [0.15, 0.2) is 0 Å². The number of piperazine rings is 1. The van der Waals surface area contributed by atoms with Gasteiger partial charge in [0, 0.05) is 24.3 Å². The number of benzene rings is 1. The summed E-state index contributed by atoms with van der Waals surface area (Å²) in [6, 6.07) is 6.54. The van der Waals surface area contributed by atoms with Crippen molar-refractivity contribution < 1.29 is 9.50 Å². The van der Waals surface area contributed by atoms with E-state index in [1.54, 1.807) is 6.07 Å². The molecule has 1 unspecified atom stereocenters. The monoisotopic (exact) mass is 238 g/mol. The molecule has 1 aliphatic rings. The van der Waals surface area contributed by atoms with E-state index in [0.29, 0.717) is 0 Å². The van der Waals surface area contributed by atoms with E-state index >= 15 is 0 Å². The number of rotatable bonds is 2. The van der Waals surface area contributed by atoms with Crippen molar-refractivity contribution in [1.29, 1.82) is 0 Å². The van der Waals surface area contributed by atoms with Crippen molar-refractivity contribution in [2.24, 2.45) is 0 Å². The van der Waals surface area contributed by atoms with Crippen molar-refractivity contribution in [2.75, 3.05) is 24.6 Å². The number of aliphatic hydroxyl groups excluding tert-OH is 1. The van der Waals surface area contributed by atoms with Crippen LogP contribution in [0.3, 0.4) is 0 Å². The van der Waals surface area contributed by atoms with Gasteiger partial charge in [-0.3, -0.25) is 0 Å². The van der Waals surface area contributed by atoms with Crippen molar-refractivity contribution in [3.8, 4) is 0 Å². The third kappa shape index (κ3) is 2.42. The molecule has 1 fully saturated rings. The predicted octanol–water partition coefficient (Wildman–Crippen LogP) is 1.37. The minimum absolute atomic E-state index is 0.0134. The average Bonchev–Trinajstić information content (AvgIpc) is 2.27. The number of hydrogen-bond acceptors (Lipinski definition) is 3. The Hall–Kier alpha value is -1.13. The molecule has 0 spiro atoms. The first-order valence-electron chi connectivity index (χ1n) is 5.91. The maximum atomic E-state index is 13.3. The number of aliphatic hydroxyl groups is 1. The van der Waals surface area contributed by atoms with Gasteiger partial charge in [-0.1, -0.05) is 6.07 Å². The van der Waals surface area contributed by atoms with Gasteiger partial charge >= 0.3 is 0 Å². The number of hydrogen-bond donors (Lipinski definition) is 2. The number of halogens is 1. The molecular formula is C13H19FN2O. The van der Waals surface area contributed by atoms with E-state index in [0.717, 1.165) is 18.8 Å². The Morgan fingerprint density at radius 2 is 2.29 bits per heavy atom. The summed E-state index contributed by atoms with van der Waals surface area (Å²) in [5.41, 5.74) is 0.690. The molecule has 0 aromatic heterocycles. The first kappa shape index (κ1) is 12.3. The highest BCUT2D eigenvalue weighted by molar-refractivity contribution is 5.51. The molecule has 0 radical (unpaired) electrons. The Morgan fingerprint density at radius 1 is 1.53 bits per heavy atom. The van der Waals surface area contributed by atoms with Crippen LogP contribution in [-0.2, 0) is 0 Å². The Kier molecular flexibility index (Phi) is 3.35. The molecule has 2 N–H and O–H groups in total. The van der Waals surface area contributed by atoms with Crippen molar-refractivity contribution in [1.82, 2.24) is 5.32 Å². The van der Waals surface area contributed by atoms with Gasteiger partial charge in [0.2, 0.25) is 0 Å². The third-order valence-electron chi connectivity index (χ3n) is 3.25. The Labute approximate surface area is 101 Å². The number of anilines is 1. The lowest BCUT2D eigenvalue weighted by Gasteiger charge is -2.49. The van der Waals surface area contributed by atoms with Gasteiger partial charge in [0.25, 0.3) is 0 Å². The minimum Gasteiger partial charge on any atom is -0.394 e. The second kappa shape index (κ2) is 4.63. The van der Waals surface area contributed by atoms with Gasteiger partial charge in [-0.25, -0.2) is 4.39 Å². The second-order valence-corrected chi connectivity index (χ2v) is 5.13. The molecular weight excluding hydrogens is 219 g/mol. The molecule has 0 bridgehead atoms. The number of nitrogens with one attached hydrogen (secondary N) is 1. The lowest BCUT2D eigenvalue weighted by Crippen LogP contribution is -2.64. The quantitative estimate of drug-likeness (QED) is 0.817. The highest BCUT2D eigenvalue weighted by Crippen LogP contribution is 2.28. The fourth-order valence-corrected chi connectivity index (χ4v) is 2.55. The molecule has 0 aliphatic carbocycles. The van der Waals surface area contributed by atoms with Gasteiger partial charge in [0.05, 0.1) is 12.6 Å². The van der Waals surface area contributed by atoms with E-state index in [2.05, 4.69) is 24.1 Å². The lowest BCUT2D eigenvalue weighted by atomic mass is 9.95. The molecule has 3 nitrogen and oxygen atoms in total. The summed E-state index contributed by atoms with van der Waals surface area (Å²) in [6.45, 7) is 5.78. The van der Waals surface area contributed by atoms with E-state index < -0.39 is 0 Å². The molecule has 1 aromatic carbocycles. The summed E-state index contributed by atoms with van der Waals surface area (Å²) < 4.78 is 13.3. The van der Waals surface area contributed by atoms with Crippen molar-refractivity contribution >= 4 is 5.69 Å². The van der Waals surface area contributed by atoms with Crippen LogP contribution in [0.5, 0.6) is 0 Å². The van der Waals surface area contributed by atoms with E-state index in [1.165, 1.54) is 12.1 Å². The van der Waals surface area contributed by atoms with Crippen LogP contribution >= 0.6 is 0 Å². The molecule has 0 saturated carbocycles. The standard InChI is InChI=1S/C13H19FN2O/c1-13(2)9-15-7-12(8-17)16(13)11-5-3-4-10(14)6-11/h3-6,12,15,17H,7-9H2,1-2H3. The highest BCUT2D eigenvalue weighted by atomic mass is 19.1. The van der Waals surface area contributed by atoms with Crippen molar-refractivity contribution in [3.05, 3.63) is 30.1 Å². The molecule has 1 saturated heterocycles. The van der Waals surface area contributed by atoms with Gasteiger partial charge < -0.3 is 15.3 Å². The average molecular weight is 238 g/mol. The van der Waals surface area contributed by atoms with Crippen molar-refractivity contribution in [3.63, 3.8) is 0 Å². The van der Waals surface area contributed by atoms with Gasteiger partial charge in [-0.2, -0.15) is 0 Å². The van der Waals surface area contributed by atoms with E-state index in [9.17, 15) is 9.50 Å². The van der Waals surface area contributed by atoms with Gasteiger partial charge in [0.1, 0.15) is 5.82 Å². The fourth-order valence-electron chi connectivity index (χ4n) is 2.55. The normalized spacial score (nSPS) is 23.8.